The Morgan fingerprint density at radius 1 is 1.12 bits per heavy atom. The molecule has 0 bridgehead atoms. The fraction of sp³-hybridized carbons (Fsp3) is 0.909. The van der Waals surface area contributed by atoms with Gasteiger partial charge in [-0.25, -0.2) is 4.79 Å². The lowest BCUT2D eigenvalue weighted by molar-refractivity contribution is -0.138. The molecule has 0 unspecified atom stereocenters. The SMILES string of the molecule is CN1CCN(C2CCN(OC(=O)O)CC2)CC1. The number of hydroxylamine groups is 2. The number of piperidine rings is 1. The van der Waals surface area contributed by atoms with Gasteiger partial charge >= 0.3 is 6.16 Å². The summed E-state index contributed by atoms with van der Waals surface area (Å²) in [5, 5.41) is 10.1. The van der Waals surface area contributed by atoms with E-state index >= 15 is 0 Å². The molecule has 2 aliphatic rings. The molecular formula is C11H21N3O3. The van der Waals surface area contributed by atoms with Crippen LogP contribution in [-0.2, 0) is 4.84 Å². The summed E-state index contributed by atoms with van der Waals surface area (Å²) >= 11 is 0. The highest BCUT2D eigenvalue weighted by Gasteiger charge is 2.27. The first-order chi connectivity index (χ1) is 8.15. The lowest BCUT2D eigenvalue weighted by atomic mass is 10.0. The van der Waals surface area contributed by atoms with E-state index in [1.807, 2.05) is 0 Å². The van der Waals surface area contributed by atoms with Crippen LogP contribution in [-0.4, -0.2) is 78.5 Å². The molecule has 2 aliphatic heterocycles. The van der Waals surface area contributed by atoms with Crippen LogP contribution in [0.25, 0.3) is 0 Å². The van der Waals surface area contributed by atoms with Crippen LogP contribution in [0.1, 0.15) is 12.8 Å². The van der Waals surface area contributed by atoms with Gasteiger partial charge in [0.1, 0.15) is 0 Å². The summed E-state index contributed by atoms with van der Waals surface area (Å²) < 4.78 is 0. The maximum Gasteiger partial charge on any atom is 0.525 e. The Balaban J connectivity index is 1.73. The smallest absolute Gasteiger partial charge is 0.448 e. The fourth-order valence-corrected chi connectivity index (χ4v) is 2.60. The minimum Gasteiger partial charge on any atom is -0.448 e. The molecule has 1 N–H and O–H groups in total. The van der Waals surface area contributed by atoms with Crippen LogP contribution >= 0.6 is 0 Å². The monoisotopic (exact) mass is 243 g/mol. The second kappa shape index (κ2) is 5.66. The van der Waals surface area contributed by atoms with E-state index in [1.165, 1.54) is 0 Å². The van der Waals surface area contributed by atoms with Gasteiger partial charge in [-0.3, -0.25) is 4.90 Å². The summed E-state index contributed by atoms with van der Waals surface area (Å²) in [5.41, 5.74) is 0. The van der Waals surface area contributed by atoms with Gasteiger partial charge in [0.2, 0.25) is 0 Å². The van der Waals surface area contributed by atoms with Gasteiger partial charge in [0.15, 0.2) is 0 Å². The maximum atomic E-state index is 10.4. The quantitative estimate of drug-likeness (QED) is 0.753. The van der Waals surface area contributed by atoms with Crippen molar-refractivity contribution in [3.8, 4) is 0 Å². The van der Waals surface area contributed by atoms with E-state index in [4.69, 9.17) is 5.11 Å². The molecule has 2 rings (SSSR count). The summed E-state index contributed by atoms with van der Waals surface area (Å²) in [6, 6.07) is 0.595. The van der Waals surface area contributed by atoms with E-state index in [9.17, 15) is 4.79 Å². The summed E-state index contributed by atoms with van der Waals surface area (Å²) in [5.74, 6) is 0. The van der Waals surface area contributed by atoms with Gasteiger partial charge in [0.05, 0.1) is 0 Å². The second-order valence-corrected chi connectivity index (χ2v) is 4.86. The number of hydrogen-bond donors (Lipinski definition) is 1. The molecule has 0 atom stereocenters. The minimum atomic E-state index is -1.21. The standard InChI is InChI=1S/C11H21N3O3/c1-12-6-8-13(9-7-12)10-2-4-14(5-3-10)17-11(15)16/h10H,2-9H2,1H3,(H,15,16). The minimum absolute atomic E-state index is 0.595. The van der Waals surface area contributed by atoms with Gasteiger partial charge < -0.3 is 14.8 Å². The molecule has 0 spiro atoms. The van der Waals surface area contributed by atoms with Gasteiger partial charge in [-0.1, -0.05) is 0 Å². The molecule has 6 nitrogen and oxygen atoms in total. The largest absolute Gasteiger partial charge is 0.525 e. The third-order valence-corrected chi connectivity index (χ3v) is 3.68. The number of rotatable bonds is 2. The first-order valence-electron chi connectivity index (χ1n) is 6.23. The zero-order valence-electron chi connectivity index (χ0n) is 10.3. The molecule has 0 aliphatic carbocycles. The van der Waals surface area contributed by atoms with E-state index in [0.29, 0.717) is 19.1 Å². The van der Waals surface area contributed by atoms with Crippen LogP contribution in [0, 0.1) is 0 Å². The van der Waals surface area contributed by atoms with Crippen molar-refractivity contribution in [1.82, 2.24) is 14.9 Å². The number of likely N-dealkylation sites (N-methyl/N-ethyl adjacent to an activating group) is 1. The summed E-state index contributed by atoms with van der Waals surface area (Å²) in [6.07, 6.45) is 0.789. The molecule has 6 heteroatoms. The third-order valence-electron chi connectivity index (χ3n) is 3.68. The number of hydrogen-bond acceptors (Lipinski definition) is 5. The summed E-state index contributed by atoms with van der Waals surface area (Å²) in [6.45, 7) is 5.94. The predicted molar refractivity (Wildman–Crippen MR) is 62.8 cm³/mol. The topological polar surface area (TPSA) is 56.2 Å². The van der Waals surface area contributed by atoms with Crippen LogP contribution in [0.3, 0.4) is 0 Å². The van der Waals surface area contributed by atoms with Crippen molar-refractivity contribution in [3.63, 3.8) is 0 Å². The molecule has 17 heavy (non-hydrogen) atoms. The van der Waals surface area contributed by atoms with Crippen molar-refractivity contribution in [2.24, 2.45) is 0 Å². The number of carboxylic acid groups (broad SMARTS) is 1. The first-order valence-corrected chi connectivity index (χ1v) is 6.23. The van der Waals surface area contributed by atoms with E-state index < -0.39 is 6.16 Å². The van der Waals surface area contributed by atoms with E-state index in [1.54, 1.807) is 5.06 Å². The van der Waals surface area contributed by atoms with Crippen LogP contribution in [0.2, 0.25) is 0 Å². The predicted octanol–water partition coefficient (Wildman–Crippen LogP) is 0.308. The Labute approximate surface area is 102 Å². The Kier molecular flexibility index (Phi) is 4.20. The lowest BCUT2D eigenvalue weighted by Crippen LogP contribution is -2.52. The van der Waals surface area contributed by atoms with Gasteiger partial charge in [-0.15, -0.1) is 5.06 Å². The second-order valence-electron chi connectivity index (χ2n) is 4.86. The third kappa shape index (κ3) is 3.55. The molecule has 0 saturated carbocycles. The Bertz CT molecular complexity index is 259. The van der Waals surface area contributed by atoms with Crippen LogP contribution in [0.5, 0.6) is 0 Å². The average Bonchev–Trinajstić information content (AvgIpc) is 2.30. The van der Waals surface area contributed by atoms with E-state index in [0.717, 1.165) is 39.0 Å². The number of piperazine rings is 1. The molecule has 0 radical (unpaired) electrons. The molecule has 2 saturated heterocycles. The van der Waals surface area contributed by atoms with Crippen molar-refractivity contribution in [2.75, 3.05) is 46.3 Å². The fourth-order valence-electron chi connectivity index (χ4n) is 2.60. The summed E-state index contributed by atoms with van der Waals surface area (Å²) in [7, 11) is 2.15. The van der Waals surface area contributed by atoms with Crippen LogP contribution in [0.4, 0.5) is 4.79 Å². The first kappa shape index (κ1) is 12.6. The summed E-state index contributed by atoms with van der Waals surface area (Å²) in [4.78, 5) is 19.9. The zero-order valence-corrected chi connectivity index (χ0v) is 10.3. The van der Waals surface area contributed by atoms with Crippen LogP contribution in [0.15, 0.2) is 0 Å². The zero-order chi connectivity index (χ0) is 12.3. The molecule has 2 fully saturated rings. The van der Waals surface area contributed by atoms with Crippen LogP contribution < -0.4 is 0 Å². The van der Waals surface area contributed by atoms with Crippen molar-refractivity contribution in [1.29, 1.82) is 0 Å². The van der Waals surface area contributed by atoms with E-state index in [-0.39, 0.29) is 0 Å². The number of carbonyl (C=O) groups is 1. The maximum absolute atomic E-state index is 10.4. The van der Waals surface area contributed by atoms with Crippen molar-refractivity contribution in [2.45, 2.75) is 18.9 Å². The van der Waals surface area contributed by atoms with Crippen molar-refractivity contribution < 1.29 is 14.7 Å². The van der Waals surface area contributed by atoms with Crippen molar-refractivity contribution in [3.05, 3.63) is 0 Å². The molecular weight excluding hydrogens is 222 g/mol. The normalized spacial score (nSPS) is 25.9. The Morgan fingerprint density at radius 2 is 1.71 bits per heavy atom. The van der Waals surface area contributed by atoms with Gasteiger partial charge in [-0.05, 0) is 19.9 Å². The molecule has 0 amide bonds. The highest BCUT2D eigenvalue weighted by molar-refractivity contribution is 5.56. The van der Waals surface area contributed by atoms with Gasteiger partial charge in [0, 0.05) is 45.3 Å². The molecule has 0 aromatic rings. The molecule has 2 heterocycles. The number of nitrogens with zero attached hydrogens (tertiary/aromatic N) is 3. The highest BCUT2D eigenvalue weighted by atomic mass is 16.8. The van der Waals surface area contributed by atoms with Crippen molar-refractivity contribution >= 4 is 6.16 Å². The van der Waals surface area contributed by atoms with Gasteiger partial charge in [-0.2, -0.15) is 0 Å². The average molecular weight is 243 g/mol. The van der Waals surface area contributed by atoms with Gasteiger partial charge in [0.25, 0.3) is 0 Å². The van der Waals surface area contributed by atoms with E-state index in [2.05, 4.69) is 21.7 Å². The molecule has 0 aromatic carbocycles. The molecule has 98 valence electrons. The highest BCUT2D eigenvalue weighted by Crippen LogP contribution is 2.18. The lowest BCUT2D eigenvalue weighted by Gasteiger charge is -2.41. The Morgan fingerprint density at radius 3 is 2.24 bits per heavy atom. The molecule has 0 aromatic heterocycles. The Hall–Kier alpha value is -0.850.